The Labute approximate surface area is 107 Å². The molecule has 0 aliphatic rings. The maximum absolute atomic E-state index is 13.7. The maximum Gasteiger partial charge on any atom is 0.305 e. The van der Waals surface area contributed by atoms with Gasteiger partial charge in [-0.2, -0.15) is 4.39 Å². The third-order valence-corrected chi connectivity index (χ3v) is 4.02. The van der Waals surface area contributed by atoms with Crippen molar-refractivity contribution in [1.82, 2.24) is 0 Å². The van der Waals surface area contributed by atoms with Crippen molar-refractivity contribution in [2.24, 2.45) is 11.7 Å². The van der Waals surface area contributed by atoms with E-state index < -0.39 is 27.2 Å². The molecule has 0 heterocycles. The molecular formula is C11H15FN2O3S. The highest BCUT2D eigenvalue weighted by atomic mass is 32.2. The lowest BCUT2D eigenvalue weighted by atomic mass is 10.2. The fourth-order valence-corrected chi connectivity index (χ4v) is 2.89. The van der Waals surface area contributed by atoms with E-state index in [9.17, 15) is 18.7 Å². The Morgan fingerprint density at radius 1 is 1.56 bits per heavy atom. The molecule has 0 spiro atoms. The molecule has 0 saturated heterocycles. The first-order valence-corrected chi connectivity index (χ1v) is 6.91. The Hall–Kier alpha value is -1.34. The Kier molecular flexibility index (Phi) is 5.36. The van der Waals surface area contributed by atoms with Crippen molar-refractivity contribution >= 4 is 16.5 Å². The summed E-state index contributed by atoms with van der Waals surface area (Å²) >= 11 is 0. The molecule has 7 heteroatoms. The molecule has 1 aromatic carbocycles. The van der Waals surface area contributed by atoms with Crippen molar-refractivity contribution in [3.8, 4) is 0 Å². The van der Waals surface area contributed by atoms with Crippen LogP contribution < -0.4 is 5.73 Å². The molecule has 1 rings (SSSR count). The molecule has 1 aromatic rings. The number of nitrogens with zero attached hydrogens (tertiary/aromatic N) is 1. The van der Waals surface area contributed by atoms with E-state index in [0.29, 0.717) is 12.3 Å². The van der Waals surface area contributed by atoms with Crippen LogP contribution >= 0.6 is 0 Å². The fourth-order valence-electron chi connectivity index (χ4n) is 1.44. The summed E-state index contributed by atoms with van der Waals surface area (Å²) in [7, 11) is -1.28. The quantitative estimate of drug-likeness (QED) is 0.630. The van der Waals surface area contributed by atoms with E-state index in [2.05, 4.69) is 0 Å². The fraction of sp³-hybridized carbons (Fsp3) is 0.455. The van der Waals surface area contributed by atoms with Gasteiger partial charge in [-0.25, -0.2) is 0 Å². The molecule has 0 saturated carbocycles. The molecule has 0 aliphatic carbocycles. The maximum atomic E-state index is 13.7. The Morgan fingerprint density at radius 3 is 2.78 bits per heavy atom. The average Bonchev–Trinajstić information content (AvgIpc) is 2.31. The predicted molar refractivity (Wildman–Crippen MR) is 68.0 cm³/mol. The van der Waals surface area contributed by atoms with E-state index in [1.807, 2.05) is 6.92 Å². The lowest BCUT2D eigenvalue weighted by Crippen LogP contribution is -2.18. The van der Waals surface area contributed by atoms with Gasteiger partial charge in [-0.3, -0.25) is 14.3 Å². The molecule has 2 N–H and O–H groups in total. The van der Waals surface area contributed by atoms with Crippen LogP contribution in [-0.4, -0.2) is 21.4 Å². The van der Waals surface area contributed by atoms with Crippen LogP contribution in [0.2, 0.25) is 0 Å². The van der Waals surface area contributed by atoms with Gasteiger partial charge < -0.3 is 5.73 Å². The molecule has 0 amide bonds. The van der Waals surface area contributed by atoms with Crippen LogP contribution in [0.5, 0.6) is 0 Å². The molecular weight excluding hydrogens is 259 g/mol. The molecule has 0 aliphatic heterocycles. The Bertz CT molecular complexity index is 468. The molecule has 100 valence electrons. The highest BCUT2D eigenvalue weighted by Gasteiger charge is 2.18. The van der Waals surface area contributed by atoms with Gasteiger partial charge in [-0.1, -0.05) is 19.1 Å². The zero-order valence-corrected chi connectivity index (χ0v) is 10.8. The second-order valence-corrected chi connectivity index (χ2v) is 5.60. The van der Waals surface area contributed by atoms with Gasteiger partial charge in [0.05, 0.1) is 10.7 Å². The van der Waals surface area contributed by atoms with Crippen LogP contribution in [-0.2, 0) is 16.6 Å². The number of rotatable bonds is 6. The number of benzene rings is 1. The number of hydrogen-bond acceptors (Lipinski definition) is 4. The van der Waals surface area contributed by atoms with Gasteiger partial charge in [-0.05, 0) is 12.5 Å². The van der Waals surface area contributed by atoms with Crippen LogP contribution in [0.3, 0.4) is 0 Å². The van der Waals surface area contributed by atoms with Crippen molar-refractivity contribution in [3.05, 3.63) is 39.7 Å². The van der Waals surface area contributed by atoms with E-state index in [1.165, 1.54) is 12.1 Å². The summed E-state index contributed by atoms with van der Waals surface area (Å²) in [5.74, 6) is -0.500. The van der Waals surface area contributed by atoms with Crippen molar-refractivity contribution in [3.63, 3.8) is 0 Å². The van der Waals surface area contributed by atoms with E-state index in [0.717, 1.165) is 6.07 Å². The van der Waals surface area contributed by atoms with E-state index >= 15 is 0 Å². The summed E-state index contributed by atoms with van der Waals surface area (Å²) in [4.78, 5) is 9.77. The van der Waals surface area contributed by atoms with Crippen molar-refractivity contribution in [2.75, 3.05) is 12.3 Å². The zero-order valence-electron chi connectivity index (χ0n) is 9.97. The van der Waals surface area contributed by atoms with Crippen LogP contribution in [0.4, 0.5) is 10.1 Å². The monoisotopic (exact) mass is 274 g/mol. The lowest BCUT2D eigenvalue weighted by Gasteiger charge is -2.08. The number of halogens is 1. The van der Waals surface area contributed by atoms with Gasteiger partial charge in [0.2, 0.25) is 5.82 Å². The van der Waals surface area contributed by atoms with Crippen LogP contribution in [0.25, 0.3) is 0 Å². The van der Waals surface area contributed by atoms with Crippen LogP contribution in [0.1, 0.15) is 12.5 Å². The first-order valence-electron chi connectivity index (χ1n) is 5.42. The summed E-state index contributed by atoms with van der Waals surface area (Å²) < 4.78 is 25.4. The number of nitrogens with two attached hydrogens (primary N) is 1. The normalized spacial score (nSPS) is 14.2. The minimum atomic E-state index is -1.28. The third-order valence-electron chi connectivity index (χ3n) is 2.44. The predicted octanol–water partition coefficient (Wildman–Crippen LogP) is 1.58. The largest absolute Gasteiger partial charge is 0.330 e. The second kappa shape index (κ2) is 6.55. The van der Waals surface area contributed by atoms with Crippen LogP contribution in [0.15, 0.2) is 18.2 Å². The summed E-state index contributed by atoms with van der Waals surface area (Å²) in [6.07, 6.45) is 0. The zero-order chi connectivity index (χ0) is 13.7. The summed E-state index contributed by atoms with van der Waals surface area (Å²) in [5, 5.41) is 10.6. The number of nitro groups is 1. The van der Waals surface area contributed by atoms with E-state index in [4.69, 9.17) is 5.73 Å². The van der Waals surface area contributed by atoms with Gasteiger partial charge >= 0.3 is 5.69 Å². The van der Waals surface area contributed by atoms with E-state index in [1.54, 1.807) is 0 Å². The third kappa shape index (κ3) is 3.85. The smallest absolute Gasteiger partial charge is 0.305 e. The first-order chi connectivity index (χ1) is 8.45. The highest BCUT2D eigenvalue weighted by Crippen LogP contribution is 2.21. The molecule has 5 nitrogen and oxygen atoms in total. The summed E-state index contributed by atoms with van der Waals surface area (Å²) in [6, 6.07) is 3.89. The van der Waals surface area contributed by atoms with Crippen molar-refractivity contribution in [2.45, 2.75) is 12.7 Å². The standard InChI is InChI=1S/C11H15FN2O3S/c1-8(5-13)6-18(17)7-9-3-2-4-10(11(9)12)14(15)16/h2-4,8H,5-7,13H2,1H3. The van der Waals surface area contributed by atoms with Gasteiger partial charge in [0.25, 0.3) is 0 Å². The molecule has 0 bridgehead atoms. The minimum Gasteiger partial charge on any atom is -0.330 e. The van der Waals surface area contributed by atoms with Crippen molar-refractivity contribution in [1.29, 1.82) is 0 Å². The topological polar surface area (TPSA) is 86.2 Å². The molecule has 18 heavy (non-hydrogen) atoms. The number of hydrogen-bond donors (Lipinski definition) is 1. The summed E-state index contributed by atoms with van der Waals surface area (Å²) in [5.41, 5.74) is 4.93. The van der Waals surface area contributed by atoms with Crippen molar-refractivity contribution < 1.29 is 13.5 Å². The Morgan fingerprint density at radius 2 is 2.22 bits per heavy atom. The highest BCUT2D eigenvalue weighted by molar-refractivity contribution is 7.84. The van der Waals surface area contributed by atoms with Gasteiger partial charge in [0, 0.05) is 28.2 Å². The molecule has 2 unspecified atom stereocenters. The minimum absolute atomic E-state index is 0.0299. The molecule has 0 radical (unpaired) electrons. The molecule has 2 atom stereocenters. The second-order valence-electron chi connectivity index (χ2n) is 4.10. The SMILES string of the molecule is CC(CN)CS(=O)Cc1cccc([N+](=O)[O-])c1F. The molecule has 0 aromatic heterocycles. The first kappa shape index (κ1) is 14.7. The average molecular weight is 274 g/mol. The van der Waals surface area contributed by atoms with Gasteiger partial charge in [0.1, 0.15) is 0 Å². The Balaban J connectivity index is 2.82. The van der Waals surface area contributed by atoms with Crippen LogP contribution in [0, 0.1) is 21.8 Å². The molecule has 0 fully saturated rings. The summed E-state index contributed by atoms with van der Waals surface area (Å²) in [6.45, 7) is 2.25. The van der Waals surface area contributed by atoms with E-state index in [-0.39, 0.29) is 17.2 Å². The number of nitro benzene ring substituents is 1. The lowest BCUT2D eigenvalue weighted by molar-refractivity contribution is -0.387. The van der Waals surface area contributed by atoms with Gasteiger partial charge in [-0.15, -0.1) is 0 Å². The van der Waals surface area contributed by atoms with Gasteiger partial charge in [0.15, 0.2) is 0 Å².